The molecule has 0 N–H and O–H groups in total. The minimum atomic E-state index is -0.200. The van der Waals surface area contributed by atoms with E-state index in [1.807, 2.05) is 60.7 Å². The van der Waals surface area contributed by atoms with Gasteiger partial charge < -0.3 is 9.80 Å². The molecule has 168 valence electrons. The molecule has 0 atom stereocenters. The Kier molecular flexibility index (Phi) is 7.29. The molecule has 1 aliphatic heterocycles. The lowest BCUT2D eigenvalue weighted by atomic mass is 10.1. The van der Waals surface area contributed by atoms with E-state index in [1.165, 1.54) is 0 Å². The summed E-state index contributed by atoms with van der Waals surface area (Å²) < 4.78 is 0.754. The molecular weight excluding hydrogens is 482 g/mol. The highest BCUT2D eigenvalue weighted by Gasteiger charge is 2.26. The van der Waals surface area contributed by atoms with E-state index in [2.05, 4.69) is 20.9 Å². The number of pyridine rings is 1. The van der Waals surface area contributed by atoms with Crippen LogP contribution in [0.3, 0.4) is 0 Å². The number of aromatic nitrogens is 1. The second-order valence-electron chi connectivity index (χ2n) is 7.95. The van der Waals surface area contributed by atoms with E-state index in [-0.39, 0.29) is 30.4 Å². The Morgan fingerprint density at radius 1 is 0.788 bits per heavy atom. The number of hydrogen-bond donors (Lipinski definition) is 0. The van der Waals surface area contributed by atoms with Crippen molar-refractivity contribution in [3.05, 3.63) is 88.7 Å². The highest BCUT2D eigenvalue weighted by Crippen LogP contribution is 2.20. The summed E-state index contributed by atoms with van der Waals surface area (Å²) in [5.74, 6) is -0.420. The summed E-state index contributed by atoms with van der Waals surface area (Å²) in [4.78, 5) is 45.6. The van der Waals surface area contributed by atoms with Crippen molar-refractivity contribution in [2.24, 2.45) is 0 Å². The van der Waals surface area contributed by atoms with Crippen LogP contribution in [0, 0.1) is 0 Å². The molecule has 0 bridgehead atoms. The molecule has 0 spiro atoms. The minimum absolute atomic E-state index is 0.0596. The molecule has 4 rings (SSSR count). The fourth-order valence-electron chi connectivity index (χ4n) is 3.84. The second kappa shape index (κ2) is 10.5. The first-order chi connectivity index (χ1) is 16.0. The first-order valence-corrected chi connectivity index (χ1v) is 11.6. The first-order valence-electron chi connectivity index (χ1n) is 10.8. The summed E-state index contributed by atoms with van der Waals surface area (Å²) in [5, 5.41) is 0. The van der Waals surface area contributed by atoms with E-state index in [0.717, 1.165) is 15.6 Å². The smallest absolute Gasteiger partial charge is 0.255 e. The fourth-order valence-corrected chi connectivity index (χ4v) is 4.29. The van der Waals surface area contributed by atoms with Crippen LogP contribution in [0.2, 0.25) is 0 Å². The van der Waals surface area contributed by atoms with Gasteiger partial charge in [0, 0.05) is 54.5 Å². The molecule has 1 aliphatic rings. The van der Waals surface area contributed by atoms with Gasteiger partial charge in [-0.15, -0.1) is 0 Å². The van der Waals surface area contributed by atoms with Crippen LogP contribution in [0.5, 0.6) is 0 Å². The number of nitrogens with zero attached hydrogens (tertiary/aromatic N) is 3. The maximum atomic E-state index is 12.7. The number of halogens is 1. The molecule has 0 radical (unpaired) electrons. The lowest BCUT2D eigenvalue weighted by molar-refractivity contribution is -0.136. The summed E-state index contributed by atoms with van der Waals surface area (Å²) in [5.41, 5.74) is 3.31. The van der Waals surface area contributed by atoms with Crippen molar-refractivity contribution in [1.82, 2.24) is 14.8 Å². The Morgan fingerprint density at radius 2 is 1.45 bits per heavy atom. The molecule has 1 aromatic heterocycles. The van der Waals surface area contributed by atoms with Gasteiger partial charge in [-0.25, -0.2) is 0 Å². The van der Waals surface area contributed by atoms with Gasteiger partial charge in [-0.1, -0.05) is 48.5 Å². The molecule has 2 amide bonds. The zero-order valence-electron chi connectivity index (χ0n) is 18.1. The van der Waals surface area contributed by atoms with Crippen LogP contribution in [0.1, 0.15) is 22.5 Å². The van der Waals surface area contributed by atoms with Gasteiger partial charge >= 0.3 is 0 Å². The fraction of sp³-hybridized carbons (Fsp3) is 0.231. The maximum Gasteiger partial charge on any atom is 0.255 e. The van der Waals surface area contributed by atoms with Crippen LogP contribution in [-0.4, -0.2) is 58.6 Å². The topological polar surface area (TPSA) is 70.6 Å². The largest absolute Gasteiger partial charge is 0.339 e. The molecule has 1 fully saturated rings. The van der Waals surface area contributed by atoms with Crippen molar-refractivity contribution in [3.63, 3.8) is 0 Å². The monoisotopic (exact) mass is 505 g/mol. The summed E-state index contributed by atoms with van der Waals surface area (Å²) in [7, 11) is 0. The van der Waals surface area contributed by atoms with Crippen molar-refractivity contribution in [3.8, 4) is 11.1 Å². The average Bonchev–Trinajstić information content (AvgIpc) is 2.85. The summed E-state index contributed by atoms with van der Waals surface area (Å²) in [6.45, 7) is 1.74. The third kappa shape index (κ3) is 5.73. The van der Waals surface area contributed by atoms with Gasteiger partial charge in [0.1, 0.15) is 5.78 Å². The highest BCUT2D eigenvalue weighted by atomic mass is 79.9. The average molecular weight is 506 g/mol. The maximum absolute atomic E-state index is 12.7. The van der Waals surface area contributed by atoms with E-state index < -0.39 is 0 Å². The van der Waals surface area contributed by atoms with Crippen LogP contribution in [-0.2, 0) is 16.0 Å². The van der Waals surface area contributed by atoms with Crippen molar-refractivity contribution in [2.75, 3.05) is 26.2 Å². The van der Waals surface area contributed by atoms with Crippen molar-refractivity contribution in [2.45, 2.75) is 12.8 Å². The Balaban J connectivity index is 1.26. The third-order valence-electron chi connectivity index (χ3n) is 5.68. The lowest BCUT2D eigenvalue weighted by Crippen LogP contribution is -2.51. The quantitative estimate of drug-likeness (QED) is 0.474. The van der Waals surface area contributed by atoms with Gasteiger partial charge in [-0.2, -0.15) is 0 Å². The Hall–Kier alpha value is -3.32. The van der Waals surface area contributed by atoms with Crippen molar-refractivity contribution in [1.29, 1.82) is 0 Å². The molecule has 0 aliphatic carbocycles. The number of amides is 2. The van der Waals surface area contributed by atoms with E-state index in [4.69, 9.17) is 0 Å². The molecule has 2 aromatic carbocycles. The first kappa shape index (κ1) is 22.9. The molecule has 33 heavy (non-hydrogen) atoms. The number of rotatable bonds is 6. The van der Waals surface area contributed by atoms with E-state index in [1.54, 1.807) is 22.1 Å². The van der Waals surface area contributed by atoms with Gasteiger partial charge in [-0.3, -0.25) is 19.4 Å². The van der Waals surface area contributed by atoms with Crippen LogP contribution >= 0.6 is 15.9 Å². The molecule has 6 nitrogen and oxygen atoms in total. The van der Waals surface area contributed by atoms with Crippen LogP contribution < -0.4 is 0 Å². The molecule has 2 heterocycles. The zero-order valence-corrected chi connectivity index (χ0v) is 19.7. The van der Waals surface area contributed by atoms with Gasteiger partial charge in [-0.05, 0) is 39.7 Å². The van der Waals surface area contributed by atoms with Crippen molar-refractivity contribution < 1.29 is 14.4 Å². The van der Waals surface area contributed by atoms with E-state index in [0.29, 0.717) is 37.4 Å². The molecule has 1 saturated heterocycles. The molecule has 0 unspecified atom stereocenters. The standard InChI is InChI=1S/C26H24BrN3O3/c27-24-9-5-4-8-23(24)26(33)30-14-12-29(13-15-30)25(32)17-22(31)16-21-11-10-20(18-28-21)19-6-2-1-3-7-19/h1-11,18H,12-17H2. The van der Waals surface area contributed by atoms with Gasteiger partial charge in [0.2, 0.25) is 5.91 Å². The SMILES string of the molecule is O=C(CC(=O)N1CCN(C(=O)c2ccccc2Br)CC1)Cc1ccc(-c2ccccc2)cn1. The molecule has 7 heteroatoms. The molecule has 0 saturated carbocycles. The molecular formula is C26H24BrN3O3. The van der Waals surface area contributed by atoms with E-state index in [9.17, 15) is 14.4 Å². The van der Waals surface area contributed by atoms with Gasteiger partial charge in [0.25, 0.3) is 5.91 Å². The summed E-state index contributed by atoms with van der Waals surface area (Å²) in [6, 6.07) is 21.0. The predicted molar refractivity (Wildman–Crippen MR) is 130 cm³/mol. The van der Waals surface area contributed by atoms with Crippen molar-refractivity contribution >= 4 is 33.5 Å². The Morgan fingerprint density at radius 3 is 2.12 bits per heavy atom. The van der Waals surface area contributed by atoms with Gasteiger partial charge in [0.05, 0.1) is 12.0 Å². The molecule has 3 aromatic rings. The summed E-state index contributed by atoms with van der Waals surface area (Å²) >= 11 is 3.41. The second-order valence-corrected chi connectivity index (χ2v) is 8.80. The number of hydrogen-bond acceptors (Lipinski definition) is 4. The van der Waals surface area contributed by atoms with Gasteiger partial charge in [0.15, 0.2) is 0 Å². The van der Waals surface area contributed by atoms with Crippen LogP contribution in [0.4, 0.5) is 0 Å². The Labute approximate surface area is 201 Å². The number of benzene rings is 2. The summed E-state index contributed by atoms with van der Waals surface area (Å²) in [6.07, 6.45) is 1.72. The zero-order chi connectivity index (χ0) is 23.2. The minimum Gasteiger partial charge on any atom is -0.339 e. The van der Waals surface area contributed by atoms with E-state index >= 15 is 0 Å². The number of Topliss-reactive ketones (excluding diaryl/α,β-unsaturated/α-hetero) is 1. The van der Waals surface area contributed by atoms with Crippen LogP contribution in [0.15, 0.2) is 77.4 Å². The van der Waals surface area contributed by atoms with Crippen LogP contribution in [0.25, 0.3) is 11.1 Å². The number of piperazine rings is 1. The Bertz CT molecular complexity index is 1140. The lowest BCUT2D eigenvalue weighted by Gasteiger charge is -2.35. The third-order valence-corrected chi connectivity index (χ3v) is 6.37. The number of carbonyl (C=O) groups is 3. The number of ketones is 1. The normalized spacial score (nSPS) is 13.6. The highest BCUT2D eigenvalue weighted by molar-refractivity contribution is 9.10. The number of carbonyl (C=O) groups excluding carboxylic acids is 3. The predicted octanol–water partition coefficient (Wildman–Crippen LogP) is 4.00.